The Balaban J connectivity index is 2.44. The SMILES string of the molecule is CNC(=O)N=C(N)N(CC1CC1)c1c(OC)cccc1OC. The number of aliphatic imine (C=N–C) groups is 1. The molecule has 0 aliphatic heterocycles. The highest BCUT2D eigenvalue weighted by atomic mass is 16.5. The molecule has 2 amide bonds. The predicted molar refractivity (Wildman–Crippen MR) is 85.7 cm³/mol. The van der Waals surface area contributed by atoms with E-state index < -0.39 is 6.03 Å². The molecular formula is C15H22N4O3. The molecule has 1 aliphatic carbocycles. The summed E-state index contributed by atoms with van der Waals surface area (Å²) in [5.74, 6) is 1.90. The highest BCUT2D eigenvalue weighted by Crippen LogP contribution is 2.40. The Morgan fingerprint density at radius 1 is 1.36 bits per heavy atom. The third kappa shape index (κ3) is 3.60. The van der Waals surface area contributed by atoms with Crippen LogP contribution in [0.2, 0.25) is 0 Å². The number of carbonyl (C=O) groups is 1. The van der Waals surface area contributed by atoms with E-state index in [1.54, 1.807) is 19.1 Å². The van der Waals surface area contributed by atoms with Crippen molar-refractivity contribution < 1.29 is 14.3 Å². The fraction of sp³-hybridized carbons (Fsp3) is 0.467. The van der Waals surface area contributed by atoms with Gasteiger partial charge in [-0.2, -0.15) is 4.99 Å². The molecule has 0 bridgehead atoms. The number of ether oxygens (including phenoxy) is 2. The monoisotopic (exact) mass is 306 g/mol. The lowest BCUT2D eigenvalue weighted by Gasteiger charge is -2.27. The first-order valence-corrected chi connectivity index (χ1v) is 7.15. The smallest absolute Gasteiger partial charge is 0.343 e. The summed E-state index contributed by atoms with van der Waals surface area (Å²) in [7, 11) is 4.67. The number of anilines is 1. The van der Waals surface area contributed by atoms with Crippen molar-refractivity contribution in [2.45, 2.75) is 12.8 Å². The van der Waals surface area contributed by atoms with Crippen molar-refractivity contribution in [1.29, 1.82) is 0 Å². The van der Waals surface area contributed by atoms with Crippen LogP contribution in [0.4, 0.5) is 10.5 Å². The third-order valence-corrected chi connectivity index (χ3v) is 3.52. The van der Waals surface area contributed by atoms with E-state index in [1.165, 1.54) is 7.05 Å². The van der Waals surface area contributed by atoms with Gasteiger partial charge in [0.25, 0.3) is 0 Å². The molecular weight excluding hydrogens is 284 g/mol. The Morgan fingerprint density at radius 3 is 2.41 bits per heavy atom. The number of hydrogen-bond acceptors (Lipinski definition) is 3. The minimum absolute atomic E-state index is 0.119. The van der Waals surface area contributed by atoms with Gasteiger partial charge < -0.3 is 25.4 Å². The Labute approximate surface area is 130 Å². The average Bonchev–Trinajstić information content (AvgIpc) is 3.35. The number of benzene rings is 1. The Hall–Kier alpha value is -2.44. The molecule has 1 aromatic carbocycles. The van der Waals surface area contributed by atoms with E-state index in [2.05, 4.69) is 10.3 Å². The average molecular weight is 306 g/mol. The van der Waals surface area contributed by atoms with Crippen LogP contribution in [0.1, 0.15) is 12.8 Å². The fourth-order valence-corrected chi connectivity index (χ4v) is 2.18. The second-order valence-corrected chi connectivity index (χ2v) is 5.09. The van der Waals surface area contributed by atoms with Crippen molar-refractivity contribution in [2.75, 3.05) is 32.7 Å². The van der Waals surface area contributed by atoms with Gasteiger partial charge in [-0.15, -0.1) is 0 Å². The van der Waals surface area contributed by atoms with Crippen LogP contribution in [-0.4, -0.2) is 39.8 Å². The maximum Gasteiger partial charge on any atom is 0.343 e. The van der Waals surface area contributed by atoms with Gasteiger partial charge in [0, 0.05) is 13.6 Å². The lowest BCUT2D eigenvalue weighted by Crippen LogP contribution is -2.40. The molecule has 0 radical (unpaired) electrons. The zero-order valence-corrected chi connectivity index (χ0v) is 13.1. The number of rotatable bonds is 5. The van der Waals surface area contributed by atoms with Gasteiger partial charge in [-0.05, 0) is 30.9 Å². The van der Waals surface area contributed by atoms with Crippen LogP contribution in [0.5, 0.6) is 11.5 Å². The summed E-state index contributed by atoms with van der Waals surface area (Å²) in [4.78, 5) is 17.1. The van der Waals surface area contributed by atoms with E-state index in [1.807, 2.05) is 18.2 Å². The summed E-state index contributed by atoms with van der Waals surface area (Å²) in [5.41, 5.74) is 6.74. The van der Waals surface area contributed by atoms with Crippen molar-refractivity contribution in [3.8, 4) is 11.5 Å². The van der Waals surface area contributed by atoms with Gasteiger partial charge in [0.15, 0.2) is 0 Å². The molecule has 7 nitrogen and oxygen atoms in total. The second kappa shape index (κ2) is 7.02. The van der Waals surface area contributed by atoms with Crippen LogP contribution in [0, 0.1) is 5.92 Å². The molecule has 3 N–H and O–H groups in total. The van der Waals surface area contributed by atoms with Gasteiger partial charge in [0.2, 0.25) is 5.96 Å². The zero-order valence-electron chi connectivity index (χ0n) is 13.1. The predicted octanol–water partition coefficient (Wildman–Crippen LogP) is 1.57. The third-order valence-electron chi connectivity index (χ3n) is 3.52. The van der Waals surface area contributed by atoms with Gasteiger partial charge in [-0.1, -0.05) is 6.07 Å². The molecule has 0 heterocycles. The van der Waals surface area contributed by atoms with Crippen LogP contribution < -0.4 is 25.4 Å². The van der Waals surface area contributed by atoms with Crippen molar-refractivity contribution in [2.24, 2.45) is 16.6 Å². The molecule has 0 saturated heterocycles. The molecule has 0 atom stereocenters. The van der Waals surface area contributed by atoms with Gasteiger partial charge in [0.05, 0.1) is 14.2 Å². The quantitative estimate of drug-likeness (QED) is 0.637. The maximum absolute atomic E-state index is 11.5. The molecule has 120 valence electrons. The van der Waals surface area contributed by atoms with Crippen molar-refractivity contribution in [1.82, 2.24) is 5.32 Å². The number of nitrogens with two attached hydrogens (primary N) is 1. The number of methoxy groups -OCH3 is 2. The second-order valence-electron chi connectivity index (χ2n) is 5.09. The fourth-order valence-electron chi connectivity index (χ4n) is 2.18. The van der Waals surface area contributed by atoms with E-state index in [4.69, 9.17) is 15.2 Å². The first kappa shape index (κ1) is 15.9. The van der Waals surface area contributed by atoms with Crippen LogP contribution >= 0.6 is 0 Å². The number of para-hydroxylation sites is 1. The molecule has 1 fully saturated rings. The Kier molecular flexibility index (Phi) is 5.08. The number of guanidine groups is 1. The molecule has 2 rings (SSSR count). The largest absolute Gasteiger partial charge is 0.494 e. The molecule has 22 heavy (non-hydrogen) atoms. The summed E-state index contributed by atoms with van der Waals surface area (Å²) in [6.07, 6.45) is 2.28. The van der Waals surface area contributed by atoms with Gasteiger partial charge >= 0.3 is 6.03 Å². The van der Waals surface area contributed by atoms with Gasteiger partial charge in [-0.3, -0.25) is 0 Å². The first-order chi connectivity index (χ1) is 10.6. The summed E-state index contributed by atoms with van der Waals surface area (Å²) in [5, 5.41) is 2.43. The van der Waals surface area contributed by atoms with Gasteiger partial charge in [-0.25, -0.2) is 4.79 Å². The molecule has 0 unspecified atom stereocenters. The summed E-state index contributed by atoms with van der Waals surface area (Å²) < 4.78 is 10.8. The molecule has 7 heteroatoms. The standard InChI is InChI=1S/C15H22N4O3/c1-17-15(20)18-14(16)19(9-10-7-8-10)13-11(21-2)5-4-6-12(13)22-3/h4-6,10H,7-9H2,1-3H3,(H3,16,17,18,20). The number of carbonyl (C=O) groups excluding carboxylic acids is 1. The number of nitrogens with one attached hydrogen (secondary N) is 1. The van der Waals surface area contributed by atoms with Crippen molar-refractivity contribution >= 4 is 17.7 Å². The van der Waals surface area contributed by atoms with Crippen LogP contribution in [0.3, 0.4) is 0 Å². The zero-order chi connectivity index (χ0) is 16.1. The van der Waals surface area contributed by atoms with Gasteiger partial charge in [0.1, 0.15) is 17.2 Å². The number of amides is 2. The van der Waals surface area contributed by atoms with Crippen LogP contribution in [0.25, 0.3) is 0 Å². The lowest BCUT2D eigenvalue weighted by molar-refractivity contribution is 0.251. The highest BCUT2D eigenvalue weighted by molar-refractivity contribution is 6.03. The van der Waals surface area contributed by atoms with Crippen molar-refractivity contribution in [3.05, 3.63) is 18.2 Å². The van der Waals surface area contributed by atoms with Crippen LogP contribution in [0.15, 0.2) is 23.2 Å². The van der Waals surface area contributed by atoms with E-state index in [-0.39, 0.29) is 5.96 Å². The van der Waals surface area contributed by atoms with E-state index in [9.17, 15) is 4.79 Å². The summed E-state index contributed by atoms with van der Waals surface area (Å²) in [6, 6.07) is 4.99. The maximum atomic E-state index is 11.5. The summed E-state index contributed by atoms with van der Waals surface area (Å²) in [6.45, 7) is 0.670. The van der Waals surface area contributed by atoms with Crippen LogP contribution in [-0.2, 0) is 0 Å². The molecule has 0 aromatic heterocycles. The molecule has 1 saturated carbocycles. The lowest BCUT2D eigenvalue weighted by atomic mass is 10.2. The highest BCUT2D eigenvalue weighted by Gasteiger charge is 2.29. The Morgan fingerprint density at radius 2 is 1.95 bits per heavy atom. The minimum atomic E-state index is -0.493. The van der Waals surface area contributed by atoms with E-state index >= 15 is 0 Å². The Bertz CT molecular complexity index is 548. The topological polar surface area (TPSA) is 89.2 Å². The van der Waals surface area contributed by atoms with E-state index in [0.717, 1.165) is 12.8 Å². The normalized spacial score (nSPS) is 14.4. The van der Waals surface area contributed by atoms with E-state index in [0.29, 0.717) is 29.6 Å². The minimum Gasteiger partial charge on any atom is -0.494 e. The first-order valence-electron chi connectivity index (χ1n) is 7.15. The number of hydrogen-bond donors (Lipinski definition) is 2. The number of nitrogens with zero attached hydrogens (tertiary/aromatic N) is 2. The molecule has 1 aliphatic rings. The number of urea groups is 1. The molecule has 0 spiro atoms. The summed E-state index contributed by atoms with van der Waals surface area (Å²) >= 11 is 0. The van der Waals surface area contributed by atoms with Crippen molar-refractivity contribution in [3.63, 3.8) is 0 Å². The molecule has 1 aromatic rings.